The Labute approximate surface area is 117 Å². The van der Waals surface area contributed by atoms with Gasteiger partial charge in [-0.25, -0.2) is 9.78 Å². The molecule has 6 heteroatoms. The number of hydrogen-bond acceptors (Lipinski definition) is 4. The molecule has 0 aliphatic carbocycles. The van der Waals surface area contributed by atoms with E-state index in [4.69, 9.17) is 0 Å². The van der Waals surface area contributed by atoms with Crippen LogP contribution in [0, 0.1) is 12.8 Å². The summed E-state index contributed by atoms with van der Waals surface area (Å²) in [5.41, 5.74) is 0. The number of aromatic nitrogens is 1. The smallest absolute Gasteiger partial charge is 0.317 e. The SMILES string of the molecule is Cc1cnc(C(C)NC(=O)N2CCCC(CO)C2)s1. The average Bonchev–Trinajstić information content (AvgIpc) is 2.85. The molecule has 0 radical (unpaired) electrons. The molecule has 2 heterocycles. The van der Waals surface area contributed by atoms with E-state index in [1.54, 1.807) is 16.2 Å². The minimum Gasteiger partial charge on any atom is -0.396 e. The fraction of sp³-hybridized carbons (Fsp3) is 0.692. The van der Waals surface area contributed by atoms with Crippen LogP contribution < -0.4 is 5.32 Å². The Hall–Kier alpha value is -1.14. The maximum Gasteiger partial charge on any atom is 0.317 e. The number of thiazole rings is 1. The summed E-state index contributed by atoms with van der Waals surface area (Å²) in [7, 11) is 0. The Bertz CT molecular complexity index is 435. The number of nitrogens with zero attached hydrogens (tertiary/aromatic N) is 2. The maximum absolute atomic E-state index is 12.2. The predicted molar refractivity (Wildman–Crippen MR) is 75.2 cm³/mol. The van der Waals surface area contributed by atoms with Crippen molar-refractivity contribution in [3.05, 3.63) is 16.1 Å². The second-order valence-electron chi connectivity index (χ2n) is 5.12. The highest BCUT2D eigenvalue weighted by atomic mass is 32.1. The molecule has 1 fully saturated rings. The van der Waals surface area contributed by atoms with Gasteiger partial charge >= 0.3 is 6.03 Å². The molecule has 1 aromatic heterocycles. The zero-order valence-electron chi connectivity index (χ0n) is 11.4. The van der Waals surface area contributed by atoms with E-state index in [1.807, 2.05) is 20.0 Å². The van der Waals surface area contributed by atoms with Gasteiger partial charge in [0.2, 0.25) is 0 Å². The van der Waals surface area contributed by atoms with Crippen LogP contribution >= 0.6 is 11.3 Å². The van der Waals surface area contributed by atoms with Gasteiger partial charge < -0.3 is 15.3 Å². The Kier molecular flexibility index (Phi) is 4.76. The average molecular weight is 283 g/mol. The van der Waals surface area contributed by atoms with Crippen molar-refractivity contribution in [2.75, 3.05) is 19.7 Å². The minimum absolute atomic E-state index is 0.0569. The number of carbonyl (C=O) groups is 1. The molecule has 2 rings (SSSR count). The van der Waals surface area contributed by atoms with Crippen LogP contribution in [-0.2, 0) is 0 Å². The summed E-state index contributed by atoms with van der Waals surface area (Å²) < 4.78 is 0. The molecule has 1 aliphatic rings. The molecule has 1 aliphatic heterocycles. The van der Waals surface area contributed by atoms with Gasteiger partial charge in [0.05, 0.1) is 6.04 Å². The topological polar surface area (TPSA) is 65.5 Å². The van der Waals surface area contributed by atoms with Crippen LogP contribution in [-0.4, -0.2) is 40.7 Å². The van der Waals surface area contributed by atoms with Gasteiger partial charge in [0.1, 0.15) is 5.01 Å². The monoisotopic (exact) mass is 283 g/mol. The summed E-state index contributed by atoms with van der Waals surface area (Å²) in [6.45, 7) is 5.53. The van der Waals surface area contributed by atoms with Gasteiger partial charge in [0.25, 0.3) is 0 Å². The van der Waals surface area contributed by atoms with Gasteiger partial charge in [-0.05, 0) is 32.6 Å². The van der Waals surface area contributed by atoms with Crippen LogP contribution in [0.3, 0.4) is 0 Å². The zero-order chi connectivity index (χ0) is 13.8. The second kappa shape index (κ2) is 6.34. The molecule has 2 atom stereocenters. The molecule has 106 valence electrons. The third-order valence-electron chi connectivity index (χ3n) is 3.41. The number of likely N-dealkylation sites (tertiary alicyclic amines) is 1. The summed E-state index contributed by atoms with van der Waals surface area (Å²) in [5, 5.41) is 13.1. The number of aliphatic hydroxyl groups is 1. The van der Waals surface area contributed by atoms with Crippen LogP contribution in [0.1, 0.15) is 35.7 Å². The standard InChI is InChI=1S/C13H21N3O2S/c1-9-6-14-12(19-9)10(2)15-13(18)16-5-3-4-11(7-16)8-17/h6,10-11,17H,3-5,7-8H2,1-2H3,(H,15,18). The zero-order valence-corrected chi connectivity index (χ0v) is 12.2. The van der Waals surface area contributed by atoms with E-state index < -0.39 is 0 Å². The first kappa shape index (κ1) is 14.3. The van der Waals surface area contributed by atoms with E-state index in [9.17, 15) is 9.90 Å². The number of rotatable bonds is 3. The summed E-state index contributed by atoms with van der Waals surface area (Å²) in [6.07, 6.45) is 3.79. The number of hydrogen-bond donors (Lipinski definition) is 2. The van der Waals surface area contributed by atoms with E-state index in [-0.39, 0.29) is 24.6 Å². The highest BCUT2D eigenvalue weighted by Crippen LogP contribution is 2.20. The van der Waals surface area contributed by atoms with Crippen LogP contribution in [0.25, 0.3) is 0 Å². The first-order valence-electron chi connectivity index (χ1n) is 6.68. The van der Waals surface area contributed by atoms with Crippen molar-refractivity contribution >= 4 is 17.4 Å². The van der Waals surface area contributed by atoms with Crippen molar-refractivity contribution in [3.63, 3.8) is 0 Å². The molecular weight excluding hydrogens is 262 g/mol. The van der Waals surface area contributed by atoms with Crippen molar-refractivity contribution in [2.24, 2.45) is 5.92 Å². The van der Waals surface area contributed by atoms with Crippen LogP contribution in [0.5, 0.6) is 0 Å². The quantitative estimate of drug-likeness (QED) is 0.891. The van der Waals surface area contributed by atoms with E-state index in [2.05, 4.69) is 10.3 Å². The molecule has 1 aromatic rings. The van der Waals surface area contributed by atoms with Crippen LogP contribution in [0.2, 0.25) is 0 Å². The Morgan fingerprint density at radius 2 is 2.53 bits per heavy atom. The lowest BCUT2D eigenvalue weighted by molar-refractivity contribution is 0.128. The van der Waals surface area contributed by atoms with Gasteiger partial charge in [-0.2, -0.15) is 0 Å². The largest absolute Gasteiger partial charge is 0.396 e. The van der Waals surface area contributed by atoms with E-state index in [1.165, 1.54) is 0 Å². The van der Waals surface area contributed by atoms with Crippen molar-refractivity contribution < 1.29 is 9.90 Å². The number of piperidine rings is 1. The molecule has 2 amide bonds. The molecule has 0 bridgehead atoms. The summed E-state index contributed by atoms with van der Waals surface area (Å²) >= 11 is 1.61. The lowest BCUT2D eigenvalue weighted by Crippen LogP contribution is -2.46. The number of amides is 2. The van der Waals surface area contributed by atoms with Gasteiger partial charge in [0.15, 0.2) is 0 Å². The Balaban J connectivity index is 1.89. The molecular formula is C13H21N3O2S. The summed E-state index contributed by atoms with van der Waals surface area (Å²) in [4.78, 5) is 19.4. The highest BCUT2D eigenvalue weighted by Gasteiger charge is 2.24. The number of aliphatic hydroxyl groups excluding tert-OH is 1. The van der Waals surface area contributed by atoms with E-state index >= 15 is 0 Å². The van der Waals surface area contributed by atoms with Crippen molar-refractivity contribution in [1.82, 2.24) is 15.2 Å². The third-order valence-corrected chi connectivity index (χ3v) is 4.51. The molecule has 19 heavy (non-hydrogen) atoms. The normalized spacial score (nSPS) is 21.2. The first-order valence-corrected chi connectivity index (χ1v) is 7.50. The number of carbonyl (C=O) groups excluding carboxylic acids is 1. The number of aryl methyl sites for hydroxylation is 1. The van der Waals surface area contributed by atoms with Crippen LogP contribution in [0.4, 0.5) is 4.79 Å². The minimum atomic E-state index is -0.0688. The molecule has 0 spiro atoms. The fourth-order valence-electron chi connectivity index (χ4n) is 2.31. The number of nitrogens with one attached hydrogen (secondary N) is 1. The molecule has 0 saturated carbocycles. The van der Waals surface area contributed by atoms with Gasteiger partial charge in [0, 0.05) is 30.8 Å². The van der Waals surface area contributed by atoms with Gasteiger partial charge in [-0.3, -0.25) is 0 Å². The molecule has 1 saturated heterocycles. The predicted octanol–water partition coefficient (Wildman–Crippen LogP) is 1.93. The summed E-state index contributed by atoms with van der Waals surface area (Å²) in [5.74, 6) is 0.219. The van der Waals surface area contributed by atoms with Crippen molar-refractivity contribution in [2.45, 2.75) is 32.7 Å². The molecule has 2 unspecified atom stereocenters. The van der Waals surface area contributed by atoms with E-state index in [0.717, 1.165) is 29.3 Å². The molecule has 0 aromatic carbocycles. The fourth-order valence-corrected chi connectivity index (χ4v) is 3.09. The lowest BCUT2D eigenvalue weighted by Gasteiger charge is -2.32. The molecule has 2 N–H and O–H groups in total. The molecule has 5 nitrogen and oxygen atoms in total. The van der Waals surface area contributed by atoms with Gasteiger partial charge in [-0.15, -0.1) is 11.3 Å². The second-order valence-corrected chi connectivity index (χ2v) is 6.38. The first-order chi connectivity index (χ1) is 9.10. The third kappa shape index (κ3) is 3.67. The Morgan fingerprint density at radius 3 is 3.16 bits per heavy atom. The lowest BCUT2D eigenvalue weighted by atomic mass is 9.99. The van der Waals surface area contributed by atoms with Crippen molar-refractivity contribution in [1.29, 1.82) is 0 Å². The number of urea groups is 1. The van der Waals surface area contributed by atoms with Crippen molar-refractivity contribution in [3.8, 4) is 0 Å². The summed E-state index contributed by atoms with van der Waals surface area (Å²) in [6, 6.07) is -0.126. The van der Waals surface area contributed by atoms with E-state index in [0.29, 0.717) is 6.54 Å². The van der Waals surface area contributed by atoms with Gasteiger partial charge in [-0.1, -0.05) is 0 Å². The van der Waals surface area contributed by atoms with Crippen LogP contribution in [0.15, 0.2) is 6.20 Å². The Morgan fingerprint density at radius 1 is 1.74 bits per heavy atom. The highest BCUT2D eigenvalue weighted by molar-refractivity contribution is 7.11. The maximum atomic E-state index is 12.2.